The molecule has 6 nitrogen and oxygen atoms in total. The molecular weight excluding hydrogens is 338 g/mol. The van der Waals surface area contributed by atoms with E-state index in [4.69, 9.17) is 19.2 Å². The highest BCUT2D eigenvalue weighted by Crippen LogP contribution is 2.45. The molecule has 25 heavy (non-hydrogen) atoms. The molecule has 1 fully saturated rings. The van der Waals surface area contributed by atoms with E-state index in [1.807, 2.05) is 17.6 Å². The topological polar surface area (TPSA) is 56.7 Å². The number of nitrogens with zero attached hydrogens (tertiary/aromatic N) is 3. The van der Waals surface area contributed by atoms with Crippen LogP contribution in [0.2, 0.25) is 0 Å². The Morgan fingerprint density at radius 3 is 2.80 bits per heavy atom. The summed E-state index contributed by atoms with van der Waals surface area (Å²) in [4.78, 5) is 12.7. The fraction of sp³-hybridized carbons (Fsp3) is 0.333. The lowest BCUT2D eigenvalue weighted by atomic mass is 10.1. The summed E-state index contributed by atoms with van der Waals surface area (Å²) in [6.45, 7) is 4.37. The second kappa shape index (κ2) is 6.16. The Hall–Kier alpha value is -2.38. The van der Waals surface area contributed by atoms with Gasteiger partial charge in [0.15, 0.2) is 11.5 Å². The Kier molecular flexibility index (Phi) is 3.68. The molecule has 5 rings (SSSR count). The van der Waals surface area contributed by atoms with Crippen LogP contribution in [-0.4, -0.2) is 49.5 Å². The van der Waals surface area contributed by atoms with Crippen LogP contribution in [0.1, 0.15) is 0 Å². The first-order valence-corrected chi connectivity index (χ1v) is 9.23. The lowest BCUT2D eigenvalue weighted by molar-refractivity contribution is 0.122. The monoisotopic (exact) mass is 355 g/mol. The van der Waals surface area contributed by atoms with Crippen LogP contribution in [-0.2, 0) is 4.74 Å². The Labute approximate surface area is 149 Å². The van der Waals surface area contributed by atoms with Gasteiger partial charge < -0.3 is 19.1 Å². The van der Waals surface area contributed by atoms with Crippen LogP contribution in [0.25, 0.3) is 21.5 Å². The van der Waals surface area contributed by atoms with Crippen molar-refractivity contribution in [2.75, 3.05) is 44.4 Å². The lowest BCUT2D eigenvalue weighted by Gasteiger charge is -2.27. The molecule has 3 aromatic rings. The van der Waals surface area contributed by atoms with E-state index in [2.05, 4.69) is 22.0 Å². The first kappa shape index (κ1) is 14.9. The number of thiophene rings is 1. The first-order chi connectivity index (χ1) is 12.4. The molecule has 7 heteroatoms. The predicted octanol–water partition coefficient (Wildman–Crippen LogP) is 2.97. The third kappa shape index (κ3) is 2.69. The van der Waals surface area contributed by atoms with Gasteiger partial charge in [-0.05, 0) is 17.7 Å². The average molecular weight is 355 g/mol. The summed E-state index contributed by atoms with van der Waals surface area (Å²) in [6, 6.07) is 6.16. The fourth-order valence-electron chi connectivity index (χ4n) is 3.15. The molecular formula is C18H17N3O3S. The molecule has 0 atom stereocenters. The Morgan fingerprint density at radius 1 is 1.00 bits per heavy atom. The molecule has 4 heterocycles. The van der Waals surface area contributed by atoms with E-state index in [0.29, 0.717) is 13.2 Å². The van der Waals surface area contributed by atoms with Gasteiger partial charge in [-0.3, -0.25) is 4.98 Å². The highest BCUT2D eigenvalue weighted by molar-refractivity contribution is 7.14. The highest BCUT2D eigenvalue weighted by atomic mass is 32.1. The van der Waals surface area contributed by atoms with Crippen molar-refractivity contribution in [3.05, 3.63) is 29.8 Å². The van der Waals surface area contributed by atoms with E-state index in [9.17, 15) is 0 Å². The van der Waals surface area contributed by atoms with E-state index in [1.54, 1.807) is 11.3 Å². The van der Waals surface area contributed by atoms with Crippen LogP contribution < -0.4 is 14.4 Å². The van der Waals surface area contributed by atoms with E-state index >= 15 is 0 Å². The quantitative estimate of drug-likeness (QED) is 0.704. The van der Waals surface area contributed by atoms with Gasteiger partial charge in [-0.1, -0.05) is 6.07 Å². The summed E-state index contributed by atoms with van der Waals surface area (Å²) < 4.78 is 16.9. The third-order valence-electron chi connectivity index (χ3n) is 4.43. The SMILES string of the molecule is c1cc2ncc(N3CCOCC3)nc2cc1-c1scc2c1OCCO2. The molecule has 0 saturated carbocycles. The van der Waals surface area contributed by atoms with Gasteiger partial charge >= 0.3 is 0 Å². The summed E-state index contributed by atoms with van der Waals surface area (Å²) in [5.74, 6) is 2.58. The maximum Gasteiger partial charge on any atom is 0.179 e. The molecule has 0 radical (unpaired) electrons. The van der Waals surface area contributed by atoms with Crippen molar-refractivity contribution in [1.82, 2.24) is 9.97 Å². The van der Waals surface area contributed by atoms with Crippen molar-refractivity contribution < 1.29 is 14.2 Å². The van der Waals surface area contributed by atoms with Gasteiger partial charge in [0.2, 0.25) is 0 Å². The second-order valence-corrected chi connectivity index (χ2v) is 6.87. The number of ether oxygens (including phenoxy) is 3. The Balaban J connectivity index is 1.55. The largest absolute Gasteiger partial charge is 0.485 e. The van der Waals surface area contributed by atoms with Gasteiger partial charge in [-0.25, -0.2) is 4.98 Å². The number of fused-ring (bicyclic) bond motifs is 2. The lowest BCUT2D eigenvalue weighted by Crippen LogP contribution is -2.36. The van der Waals surface area contributed by atoms with Gasteiger partial charge in [-0.15, -0.1) is 11.3 Å². The number of morpholine rings is 1. The number of rotatable bonds is 2. The van der Waals surface area contributed by atoms with Gasteiger partial charge in [-0.2, -0.15) is 0 Å². The second-order valence-electron chi connectivity index (χ2n) is 5.99. The number of hydrogen-bond donors (Lipinski definition) is 0. The maximum absolute atomic E-state index is 5.81. The molecule has 1 saturated heterocycles. The Morgan fingerprint density at radius 2 is 1.88 bits per heavy atom. The van der Waals surface area contributed by atoms with Crippen LogP contribution in [0.5, 0.6) is 11.5 Å². The molecule has 0 spiro atoms. The zero-order valence-electron chi connectivity index (χ0n) is 13.6. The molecule has 0 unspecified atom stereocenters. The standard InChI is InChI=1S/C18H17N3O3S/c1-2-13-14(20-16(10-19-13)21-3-5-22-6-4-21)9-12(1)18-17-15(11-25-18)23-7-8-24-17/h1-2,9-11H,3-8H2. The average Bonchev–Trinajstić information content (AvgIpc) is 3.12. The number of anilines is 1. The molecule has 1 aromatic carbocycles. The van der Waals surface area contributed by atoms with E-state index in [-0.39, 0.29) is 0 Å². The molecule has 0 aliphatic carbocycles. The third-order valence-corrected chi connectivity index (χ3v) is 5.42. The molecule has 2 aromatic heterocycles. The number of hydrogen-bond acceptors (Lipinski definition) is 7. The summed E-state index contributed by atoms with van der Waals surface area (Å²) in [5, 5.41) is 2.00. The molecule has 0 amide bonds. The van der Waals surface area contributed by atoms with Gasteiger partial charge in [0.1, 0.15) is 19.0 Å². The smallest absolute Gasteiger partial charge is 0.179 e. The van der Waals surface area contributed by atoms with Crippen LogP contribution in [0.15, 0.2) is 29.8 Å². The fourth-order valence-corrected chi connectivity index (χ4v) is 4.08. The predicted molar refractivity (Wildman–Crippen MR) is 96.9 cm³/mol. The van der Waals surface area contributed by atoms with Crippen molar-refractivity contribution in [3.63, 3.8) is 0 Å². The minimum atomic E-state index is 0.589. The summed E-state index contributed by atoms with van der Waals surface area (Å²) >= 11 is 1.63. The summed E-state index contributed by atoms with van der Waals surface area (Å²) in [5.41, 5.74) is 2.86. The Bertz CT molecular complexity index is 921. The maximum atomic E-state index is 5.81. The number of aromatic nitrogens is 2. The van der Waals surface area contributed by atoms with Crippen LogP contribution in [0, 0.1) is 0 Å². The van der Waals surface area contributed by atoms with E-state index in [0.717, 1.165) is 65.1 Å². The normalized spacial score (nSPS) is 17.0. The van der Waals surface area contributed by atoms with E-state index in [1.165, 1.54) is 0 Å². The van der Waals surface area contributed by atoms with Gasteiger partial charge in [0, 0.05) is 18.5 Å². The molecule has 0 bridgehead atoms. The van der Waals surface area contributed by atoms with E-state index < -0.39 is 0 Å². The van der Waals surface area contributed by atoms with Gasteiger partial charge in [0.05, 0.1) is 35.3 Å². The van der Waals surface area contributed by atoms with Crippen molar-refractivity contribution in [3.8, 4) is 21.9 Å². The number of benzene rings is 1. The molecule has 2 aliphatic rings. The van der Waals surface area contributed by atoms with Crippen LogP contribution >= 0.6 is 11.3 Å². The van der Waals surface area contributed by atoms with Crippen molar-refractivity contribution in [1.29, 1.82) is 0 Å². The first-order valence-electron chi connectivity index (χ1n) is 8.35. The highest BCUT2D eigenvalue weighted by Gasteiger charge is 2.20. The van der Waals surface area contributed by atoms with Crippen LogP contribution in [0.3, 0.4) is 0 Å². The zero-order chi connectivity index (χ0) is 16.6. The summed E-state index contributed by atoms with van der Waals surface area (Å²) in [6.07, 6.45) is 1.84. The van der Waals surface area contributed by atoms with Crippen molar-refractivity contribution in [2.45, 2.75) is 0 Å². The minimum absolute atomic E-state index is 0.589. The van der Waals surface area contributed by atoms with Crippen LogP contribution in [0.4, 0.5) is 5.82 Å². The summed E-state index contributed by atoms with van der Waals surface area (Å²) in [7, 11) is 0. The van der Waals surface area contributed by atoms with Crippen molar-refractivity contribution in [2.24, 2.45) is 0 Å². The zero-order valence-corrected chi connectivity index (χ0v) is 14.4. The molecule has 128 valence electrons. The van der Waals surface area contributed by atoms with Gasteiger partial charge in [0.25, 0.3) is 0 Å². The molecule has 2 aliphatic heterocycles. The van der Waals surface area contributed by atoms with Crippen molar-refractivity contribution >= 4 is 28.2 Å². The molecule has 0 N–H and O–H groups in total. The minimum Gasteiger partial charge on any atom is -0.485 e.